The summed E-state index contributed by atoms with van der Waals surface area (Å²) in [7, 11) is 0. The number of ether oxygens (including phenoxy) is 2. The van der Waals surface area contributed by atoms with Crippen LogP contribution in [-0.4, -0.2) is 42.6 Å². The molecule has 0 radical (unpaired) electrons. The predicted octanol–water partition coefficient (Wildman–Crippen LogP) is 3.88. The molecule has 0 amide bonds. The van der Waals surface area contributed by atoms with Crippen LogP contribution in [0.25, 0.3) is 0 Å². The number of anilines is 1. The fraction of sp³-hybridized carbons (Fsp3) is 0.579. The van der Waals surface area contributed by atoms with Crippen LogP contribution in [0.4, 0.5) is 5.82 Å². The minimum Gasteiger partial charge on any atom is -0.378 e. The van der Waals surface area contributed by atoms with Gasteiger partial charge < -0.3 is 14.4 Å². The van der Waals surface area contributed by atoms with Crippen LogP contribution in [0.15, 0.2) is 16.1 Å². The van der Waals surface area contributed by atoms with Crippen molar-refractivity contribution in [1.29, 1.82) is 5.26 Å². The largest absolute Gasteiger partial charge is 0.378 e. The number of halogens is 1. The molecule has 0 atom stereocenters. The average Bonchev–Trinajstić information content (AvgIpc) is 2.60. The van der Waals surface area contributed by atoms with Gasteiger partial charge in [0.05, 0.1) is 31.0 Å². The molecule has 0 aromatic carbocycles. The van der Waals surface area contributed by atoms with Crippen LogP contribution in [0.5, 0.6) is 0 Å². The highest BCUT2D eigenvalue weighted by molar-refractivity contribution is 7.99. The lowest BCUT2D eigenvalue weighted by molar-refractivity contribution is -0.0402. The van der Waals surface area contributed by atoms with Gasteiger partial charge in [-0.25, -0.2) is 4.98 Å². The Bertz CT molecular complexity index is 748. The Morgan fingerprint density at radius 3 is 2.77 bits per heavy atom. The number of nitriles is 1. The molecule has 0 unspecified atom stereocenters. The van der Waals surface area contributed by atoms with Gasteiger partial charge in [-0.05, 0) is 26.3 Å². The van der Waals surface area contributed by atoms with Gasteiger partial charge in [0.25, 0.3) is 0 Å². The molecule has 26 heavy (non-hydrogen) atoms. The lowest BCUT2D eigenvalue weighted by Crippen LogP contribution is -2.39. The first-order valence-corrected chi connectivity index (χ1v) is 10.1. The summed E-state index contributed by atoms with van der Waals surface area (Å²) in [6.45, 7) is 9.48. The molecule has 7 heteroatoms. The molecule has 3 heterocycles. The van der Waals surface area contributed by atoms with E-state index in [9.17, 15) is 5.26 Å². The third-order valence-electron chi connectivity index (χ3n) is 4.57. The van der Waals surface area contributed by atoms with Gasteiger partial charge in [0, 0.05) is 35.9 Å². The maximum atomic E-state index is 9.84. The van der Waals surface area contributed by atoms with E-state index in [2.05, 4.69) is 24.8 Å². The third kappa shape index (κ3) is 4.34. The highest BCUT2D eigenvalue weighted by atomic mass is 35.5. The summed E-state index contributed by atoms with van der Waals surface area (Å²) in [5.41, 5.74) is 2.53. The summed E-state index contributed by atoms with van der Waals surface area (Å²) in [6, 6.07) is 2.39. The number of pyridine rings is 1. The molecular weight excluding hydrogens is 370 g/mol. The van der Waals surface area contributed by atoms with E-state index in [4.69, 9.17) is 26.1 Å². The van der Waals surface area contributed by atoms with Crippen molar-refractivity contribution in [2.45, 2.75) is 44.4 Å². The van der Waals surface area contributed by atoms with Gasteiger partial charge in [-0.2, -0.15) is 5.26 Å². The molecule has 140 valence electrons. The topological polar surface area (TPSA) is 58.4 Å². The molecule has 1 aromatic rings. The normalized spacial score (nSPS) is 19.8. The fourth-order valence-corrected chi connectivity index (χ4v) is 4.34. The molecule has 1 fully saturated rings. The van der Waals surface area contributed by atoms with Gasteiger partial charge in [-0.15, -0.1) is 11.8 Å². The standard InChI is InChI=1S/C19H24ClN3O2S/c1-13(20)4-9-26-18-15(11-21)14-10-19(2,3)25-12-16(14)17(22-18)23-5-7-24-8-6-23/h4H,5-10,12H2,1-3H3/b13-4+. The third-order valence-corrected chi connectivity index (χ3v) is 5.63. The zero-order valence-corrected chi connectivity index (χ0v) is 17.0. The van der Waals surface area contributed by atoms with E-state index in [1.807, 2.05) is 13.0 Å². The Morgan fingerprint density at radius 2 is 2.12 bits per heavy atom. The number of allylic oxidation sites excluding steroid dienone is 1. The minimum atomic E-state index is -0.281. The van der Waals surface area contributed by atoms with Crippen LogP contribution in [0, 0.1) is 11.3 Å². The SMILES string of the molecule is C/C(Cl)=C\CSc1nc(N2CCOCC2)c2c(c1C#N)CC(C)(C)OC2. The summed E-state index contributed by atoms with van der Waals surface area (Å²) < 4.78 is 11.5. The monoisotopic (exact) mass is 393 g/mol. The minimum absolute atomic E-state index is 0.281. The van der Waals surface area contributed by atoms with E-state index in [1.54, 1.807) is 11.8 Å². The van der Waals surface area contributed by atoms with E-state index in [-0.39, 0.29) is 5.60 Å². The quantitative estimate of drug-likeness (QED) is 0.723. The number of hydrogen-bond acceptors (Lipinski definition) is 6. The van der Waals surface area contributed by atoms with Crippen molar-refractivity contribution in [3.05, 3.63) is 27.8 Å². The Kier molecular flexibility index (Phi) is 6.13. The number of rotatable bonds is 4. The van der Waals surface area contributed by atoms with E-state index in [0.717, 1.165) is 40.1 Å². The van der Waals surface area contributed by atoms with Gasteiger partial charge in [-0.1, -0.05) is 17.7 Å². The van der Waals surface area contributed by atoms with Crippen LogP contribution in [0.1, 0.15) is 37.5 Å². The van der Waals surface area contributed by atoms with E-state index in [0.29, 0.717) is 37.6 Å². The zero-order chi connectivity index (χ0) is 18.7. The molecular formula is C19H24ClN3O2S. The summed E-state index contributed by atoms with van der Waals surface area (Å²) in [5, 5.41) is 11.4. The van der Waals surface area contributed by atoms with Gasteiger partial charge in [0.15, 0.2) is 0 Å². The summed E-state index contributed by atoms with van der Waals surface area (Å²) >= 11 is 7.51. The molecule has 0 N–H and O–H groups in total. The molecule has 0 saturated carbocycles. The number of aromatic nitrogens is 1. The number of morpholine rings is 1. The lowest BCUT2D eigenvalue weighted by Gasteiger charge is -2.36. The zero-order valence-electron chi connectivity index (χ0n) is 15.5. The van der Waals surface area contributed by atoms with Crippen LogP contribution in [0.3, 0.4) is 0 Å². The molecule has 1 aromatic heterocycles. The second-order valence-corrected chi connectivity index (χ2v) is 8.72. The van der Waals surface area contributed by atoms with Crippen molar-refractivity contribution in [1.82, 2.24) is 4.98 Å². The maximum Gasteiger partial charge on any atom is 0.135 e. The molecule has 5 nitrogen and oxygen atoms in total. The first kappa shape index (κ1) is 19.5. The molecule has 0 spiro atoms. The Balaban J connectivity index is 2.06. The molecule has 3 rings (SSSR count). The van der Waals surface area contributed by atoms with Crippen molar-refractivity contribution in [2.24, 2.45) is 0 Å². The van der Waals surface area contributed by atoms with Crippen molar-refractivity contribution in [2.75, 3.05) is 37.0 Å². The number of hydrogen-bond donors (Lipinski definition) is 0. The highest BCUT2D eigenvalue weighted by Crippen LogP contribution is 2.38. The van der Waals surface area contributed by atoms with E-state index in [1.165, 1.54) is 0 Å². The fourth-order valence-electron chi connectivity index (χ4n) is 3.22. The van der Waals surface area contributed by atoms with Crippen LogP contribution in [-0.2, 0) is 22.5 Å². The van der Waals surface area contributed by atoms with Crippen LogP contribution in [0.2, 0.25) is 0 Å². The van der Waals surface area contributed by atoms with Crippen LogP contribution < -0.4 is 4.90 Å². The van der Waals surface area contributed by atoms with Gasteiger partial charge in [0.2, 0.25) is 0 Å². The predicted molar refractivity (Wildman–Crippen MR) is 105 cm³/mol. The Hall–Kier alpha value is -1.26. The summed E-state index contributed by atoms with van der Waals surface area (Å²) in [4.78, 5) is 7.13. The second kappa shape index (κ2) is 8.18. The van der Waals surface area contributed by atoms with Gasteiger partial charge in [-0.3, -0.25) is 0 Å². The first-order chi connectivity index (χ1) is 12.4. The number of fused-ring (bicyclic) bond motifs is 1. The van der Waals surface area contributed by atoms with Crippen molar-refractivity contribution in [3.63, 3.8) is 0 Å². The average molecular weight is 394 g/mol. The lowest BCUT2D eigenvalue weighted by atomic mass is 9.89. The Labute approximate surface area is 164 Å². The molecule has 1 saturated heterocycles. The molecule has 0 aliphatic carbocycles. The van der Waals surface area contributed by atoms with E-state index >= 15 is 0 Å². The van der Waals surface area contributed by atoms with Crippen molar-refractivity contribution >= 4 is 29.2 Å². The molecule has 2 aliphatic rings. The summed E-state index contributed by atoms with van der Waals surface area (Å²) in [5.74, 6) is 1.63. The number of nitrogens with zero attached hydrogens (tertiary/aromatic N) is 3. The highest BCUT2D eigenvalue weighted by Gasteiger charge is 2.33. The van der Waals surface area contributed by atoms with Gasteiger partial charge in [0.1, 0.15) is 16.9 Å². The van der Waals surface area contributed by atoms with Gasteiger partial charge >= 0.3 is 0 Å². The second-order valence-electron chi connectivity index (χ2n) is 7.11. The summed E-state index contributed by atoms with van der Waals surface area (Å²) in [6.07, 6.45) is 2.65. The maximum absolute atomic E-state index is 9.84. The smallest absolute Gasteiger partial charge is 0.135 e. The van der Waals surface area contributed by atoms with Crippen molar-refractivity contribution in [3.8, 4) is 6.07 Å². The van der Waals surface area contributed by atoms with Crippen molar-refractivity contribution < 1.29 is 9.47 Å². The first-order valence-electron chi connectivity index (χ1n) is 8.79. The molecule has 0 bridgehead atoms. The molecule has 2 aliphatic heterocycles. The number of thioether (sulfide) groups is 1. The van der Waals surface area contributed by atoms with E-state index < -0.39 is 0 Å². The van der Waals surface area contributed by atoms with Crippen LogP contribution >= 0.6 is 23.4 Å². The Morgan fingerprint density at radius 1 is 1.38 bits per heavy atom.